The molecule has 2 aromatic rings. The van der Waals surface area contributed by atoms with E-state index in [1.54, 1.807) is 13.0 Å². The maximum absolute atomic E-state index is 14.3. The number of hydrogen-bond donors (Lipinski definition) is 0. The number of fused-ring (bicyclic) bond motifs is 1. The summed E-state index contributed by atoms with van der Waals surface area (Å²) in [4.78, 5) is 23.6. The van der Waals surface area contributed by atoms with Gasteiger partial charge in [-0.05, 0) is 43.2 Å². The summed E-state index contributed by atoms with van der Waals surface area (Å²) in [6, 6.07) is 4.49. The lowest BCUT2D eigenvalue weighted by molar-refractivity contribution is -0.147. The molecule has 2 rings (SSSR count). The molecule has 6 heteroatoms. The normalized spacial score (nSPS) is 11.3. The van der Waals surface area contributed by atoms with Crippen LogP contribution in [0.5, 0.6) is 0 Å². The number of esters is 1. The molecule has 0 saturated heterocycles. The summed E-state index contributed by atoms with van der Waals surface area (Å²) in [5.74, 6) is 0.178. The van der Waals surface area contributed by atoms with Crippen LogP contribution >= 0.6 is 11.8 Å². The fourth-order valence-electron chi connectivity index (χ4n) is 2.54. The topological polar surface area (TPSA) is 56.5 Å². The minimum atomic E-state index is -0.461. The molecular formula is C20H25FO4S. The van der Waals surface area contributed by atoms with E-state index in [1.807, 2.05) is 13.8 Å². The van der Waals surface area contributed by atoms with E-state index in [-0.39, 0.29) is 17.7 Å². The Labute approximate surface area is 157 Å². The molecule has 0 saturated carbocycles. The number of carbonyl (C=O) groups is 1. The predicted molar refractivity (Wildman–Crippen MR) is 102 cm³/mol. The van der Waals surface area contributed by atoms with Crippen molar-refractivity contribution in [2.24, 2.45) is 5.92 Å². The van der Waals surface area contributed by atoms with Gasteiger partial charge in [-0.2, -0.15) is 0 Å². The molecule has 0 atom stereocenters. The number of unbranched alkanes of at least 4 members (excludes halogenated alkanes) is 3. The summed E-state index contributed by atoms with van der Waals surface area (Å²) in [5, 5.41) is 0.376. The fourth-order valence-corrected chi connectivity index (χ4v) is 3.63. The third-order valence-corrected chi connectivity index (χ3v) is 5.04. The SMILES string of the molecule is Cc1cc(F)c2c(SCCCCCCOC(=O)C(C)C)cc(=O)oc2c1. The van der Waals surface area contributed by atoms with E-state index in [2.05, 4.69) is 0 Å². The Hall–Kier alpha value is -1.82. The zero-order chi connectivity index (χ0) is 19.1. The zero-order valence-corrected chi connectivity index (χ0v) is 16.3. The average molecular weight is 380 g/mol. The Bertz CT molecular complexity index is 813. The van der Waals surface area contributed by atoms with Crippen molar-refractivity contribution in [3.05, 3.63) is 40.0 Å². The molecule has 0 amide bonds. The number of ether oxygens (including phenoxy) is 1. The molecule has 26 heavy (non-hydrogen) atoms. The van der Waals surface area contributed by atoms with Crippen LogP contribution < -0.4 is 5.63 Å². The molecule has 0 unspecified atom stereocenters. The number of aryl methyl sites for hydroxylation is 1. The van der Waals surface area contributed by atoms with Crippen molar-refractivity contribution < 1.29 is 18.3 Å². The molecule has 0 bridgehead atoms. The van der Waals surface area contributed by atoms with Crippen LogP contribution in [0.25, 0.3) is 11.0 Å². The molecule has 1 heterocycles. The van der Waals surface area contributed by atoms with Gasteiger partial charge in [-0.1, -0.05) is 26.7 Å². The van der Waals surface area contributed by atoms with E-state index in [0.717, 1.165) is 37.0 Å². The monoisotopic (exact) mass is 380 g/mol. The molecule has 0 fully saturated rings. The van der Waals surface area contributed by atoms with Gasteiger partial charge in [-0.15, -0.1) is 11.8 Å². The van der Waals surface area contributed by atoms with Gasteiger partial charge in [-0.25, -0.2) is 9.18 Å². The quantitative estimate of drug-likeness (QED) is 0.262. The lowest BCUT2D eigenvalue weighted by atomic mass is 10.1. The molecule has 0 aliphatic carbocycles. The summed E-state index contributed by atoms with van der Waals surface area (Å²) >= 11 is 1.47. The largest absolute Gasteiger partial charge is 0.465 e. The first-order chi connectivity index (χ1) is 12.4. The fraction of sp³-hybridized carbons (Fsp3) is 0.500. The lowest BCUT2D eigenvalue weighted by Crippen LogP contribution is -2.12. The van der Waals surface area contributed by atoms with Crippen molar-refractivity contribution in [1.82, 2.24) is 0 Å². The highest BCUT2D eigenvalue weighted by molar-refractivity contribution is 7.99. The summed E-state index contributed by atoms with van der Waals surface area (Å²) in [5.41, 5.74) is 0.555. The van der Waals surface area contributed by atoms with Crippen LogP contribution in [0.4, 0.5) is 4.39 Å². The standard InChI is InChI=1S/C20H25FO4S/c1-13(2)20(23)24-8-6-4-5-7-9-26-17-12-18(22)25-16-11-14(3)10-15(21)19(16)17/h10-13H,4-9H2,1-3H3. The van der Waals surface area contributed by atoms with E-state index >= 15 is 0 Å². The second-order valence-electron chi connectivity index (χ2n) is 6.63. The number of thioether (sulfide) groups is 1. The lowest BCUT2D eigenvalue weighted by Gasteiger charge is -2.08. The maximum Gasteiger partial charge on any atom is 0.337 e. The number of halogens is 1. The van der Waals surface area contributed by atoms with E-state index in [0.29, 0.717) is 22.5 Å². The van der Waals surface area contributed by atoms with Crippen molar-refractivity contribution in [2.75, 3.05) is 12.4 Å². The van der Waals surface area contributed by atoms with E-state index < -0.39 is 5.63 Å². The third-order valence-electron chi connectivity index (χ3n) is 3.92. The van der Waals surface area contributed by atoms with Gasteiger partial charge in [0.1, 0.15) is 11.4 Å². The van der Waals surface area contributed by atoms with E-state index in [9.17, 15) is 14.0 Å². The van der Waals surface area contributed by atoms with Crippen molar-refractivity contribution in [3.8, 4) is 0 Å². The molecule has 1 aromatic heterocycles. The minimum absolute atomic E-state index is 0.0890. The summed E-state index contributed by atoms with van der Waals surface area (Å²) in [6.45, 7) is 5.86. The van der Waals surface area contributed by atoms with Crippen LogP contribution in [-0.4, -0.2) is 18.3 Å². The number of rotatable bonds is 9. The molecular weight excluding hydrogens is 355 g/mol. The Balaban J connectivity index is 1.80. The van der Waals surface area contributed by atoms with Gasteiger partial charge >= 0.3 is 11.6 Å². The third kappa shape index (κ3) is 5.87. The summed E-state index contributed by atoms with van der Waals surface area (Å²) < 4.78 is 24.5. The van der Waals surface area contributed by atoms with Gasteiger partial charge in [-0.3, -0.25) is 4.79 Å². The molecule has 0 radical (unpaired) electrons. The average Bonchev–Trinajstić information content (AvgIpc) is 2.55. The Morgan fingerprint density at radius 1 is 1.19 bits per heavy atom. The van der Waals surface area contributed by atoms with Crippen LogP contribution in [0, 0.1) is 18.7 Å². The first-order valence-electron chi connectivity index (χ1n) is 8.92. The Kier molecular flexibility index (Phi) is 7.69. The molecule has 1 aromatic carbocycles. The molecule has 0 N–H and O–H groups in total. The van der Waals surface area contributed by atoms with Crippen LogP contribution in [0.3, 0.4) is 0 Å². The van der Waals surface area contributed by atoms with E-state index in [4.69, 9.17) is 9.15 Å². The second-order valence-corrected chi connectivity index (χ2v) is 7.77. The van der Waals surface area contributed by atoms with Gasteiger partial charge in [0.15, 0.2) is 0 Å². The first kappa shape index (κ1) is 20.5. The number of carbonyl (C=O) groups excluding carboxylic acids is 1. The highest BCUT2D eigenvalue weighted by Gasteiger charge is 2.12. The summed E-state index contributed by atoms with van der Waals surface area (Å²) in [7, 11) is 0. The van der Waals surface area contributed by atoms with Gasteiger partial charge in [0.25, 0.3) is 0 Å². The van der Waals surface area contributed by atoms with Gasteiger partial charge in [0.05, 0.1) is 17.9 Å². The second kappa shape index (κ2) is 9.76. The highest BCUT2D eigenvalue weighted by Crippen LogP contribution is 2.30. The van der Waals surface area contributed by atoms with Crippen LogP contribution in [-0.2, 0) is 9.53 Å². The zero-order valence-electron chi connectivity index (χ0n) is 15.5. The highest BCUT2D eigenvalue weighted by atomic mass is 32.2. The predicted octanol–water partition coefficient (Wildman–Crippen LogP) is 5.09. The summed E-state index contributed by atoms with van der Waals surface area (Å²) in [6.07, 6.45) is 3.75. The van der Waals surface area contributed by atoms with Crippen LogP contribution in [0.1, 0.15) is 45.1 Å². The first-order valence-corrected chi connectivity index (χ1v) is 9.90. The Morgan fingerprint density at radius 3 is 2.65 bits per heavy atom. The number of hydrogen-bond acceptors (Lipinski definition) is 5. The van der Waals surface area contributed by atoms with Crippen LogP contribution in [0.2, 0.25) is 0 Å². The van der Waals surface area contributed by atoms with E-state index in [1.165, 1.54) is 23.9 Å². The van der Waals surface area contributed by atoms with Crippen LogP contribution in [0.15, 0.2) is 32.3 Å². The molecule has 142 valence electrons. The molecule has 4 nitrogen and oxygen atoms in total. The minimum Gasteiger partial charge on any atom is -0.465 e. The van der Waals surface area contributed by atoms with Crippen molar-refractivity contribution in [3.63, 3.8) is 0 Å². The maximum atomic E-state index is 14.3. The van der Waals surface area contributed by atoms with Gasteiger partial charge < -0.3 is 9.15 Å². The molecule has 0 aliphatic heterocycles. The van der Waals surface area contributed by atoms with Crippen molar-refractivity contribution in [1.29, 1.82) is 0 Å². The smallest absolute Gasteiger partial charge is 0.337 e. The van der Waals surface area contributed by atoms with Crippen molar-refractivity contribution in [2.45, 2.75) is 51.3 Å². The van der Waals surface area contributed by atoms with Gasteiger partial charge in [0.2, 0.25) is 0 Å². The molecule has 0 spiro atoms. The van der Waals surface area contributed by atoms with Crippen molar-refractivity contribution >= 4 is 28.7 Å². The van der Waals surface area contributed by atoms with Gasteiger partial charge in [0, 0.05) is 11.0 Å². The Morgan fingerprint density at radius 2 is 1.92 bits per heavy atom. The number of benzene rings is 1. The molecule has 0 aliphatic rings.